The quantitative estimate of drug-likeness (QED) is 0.521. The zero-order chi connectivity index (χ0) is 11.1. The Labute approximate surface area is 90.3 Å². The Morgan fingerprint density at radius 1 is 0.938 bits per heavy atom. The molecule has 3 heteroatoms. The van der Waals surface area contributed by atoms with Crippen molar-refractivity contribution in [1.82, 2.24) is 4.98 Å². The highest BCUT2D eigenvalue weighted by atomic mass is 19.1. The molecule has 0 bridgehead atoms. The van der Waals surface area contributed by atoms with E-state index in [1.54, 1.807) is 24.4 Å². The van der Waals surface area contributed by atoms with Gasteiger partial charge in [0.1, 0.15) is 11.6 Å². The highest BCUT2D eigenvalue weighted by Crippen LogP contribution is 2.26. The van der Waals surface area contributed by atoms with Gasteiger partial charge in [-0.1, -0.05) is 0 Å². The SMILES string of the molecule is Fc1ccc2c(c1)cc(F)c1cccnc12. The highest BCUT2D eigenvalue weighted by molar-refractivity contribution is 6.05. The molecule has 3 aromatic rings. The number of hydrogen-bond acceptors (Lipinski definition) is 1. The van der Waals surface area contributed by atoms with Crippen LogP contribution in [0, 0.1) is 11.6 Å². The van der Waals surface area contributed by atoms with Gasteiger partial charge < -0.3 is 0 Å². The van der Waals surface area contributed by atoms with E-state index in [-0.39, 0.29) is 11.6 Å². The van der Waals surface area contributed by atoms with Crippen LogP contribution in [0.4, 0.5) is 8.78 Å². The maximum absolute atomic E-state index is 13.7. The molecule has 0 unspecified atom stereocenters. The molecule has 3 rings (SSSR count). The Balaban J connectivity index is 2.59. The first-order valence-corrected chi connectivity index (χ1v) is 4.88. The molecular weight excluding hydrogens is 208 g/mol. The van der Waals surface area contributed by atoms with Crippen LogP contribution in [0.3, 0.4) is 0 Å². The average Bonchev–Trinajstić information content (AvgIpc) is 2.29. The van der Waals surface area contributed by atoms with Crippen LogP contribution < -0.4 is 0 Å². The number of rotatable bonds is 0. The smallest absolute Gasteiger partial charge is 0.133 e. The number of aromatic nitrogens is 1. The number of halogens is 2. The van der Waals surface area contributed by atoms with E-state index in [1.165, 1.54) is 18.2 Å². The number of benzene rings is 2. The van der Waals surface area contributed by atoms with Gasteiger partial charge >= 0.3 is 0 Å². The zero-order valence-corrected chi connectivity index (χ0v) is 8.24. The normalized spacial score (nSPS) is 11.1. The third kappa shape index (κ3) is 1.25. The lowest BCUT2D eigenvalue weighted by molar-refractivity contribution is 0.628. The highest BCUT2D eigenvalue weighted by Gasteiger charge is 2.07. The minimum Gasteiger partial charge on any atom is -0.255 e. The predicted molar refractivity (Wildman–Crippen MR) is 59.2 cm³/mol. The average molecular weight is 215 g/mol. The van der Waals surface area contributed by atoms with Crippen molar-refractivity contribution in [3.63, 3.8) is 0 Å². The van der Waals surface area contributed by atoms with Crippen molar-refractivity contribution in [3.05, 3.63) is 54.2 Å². The lowest BCUT2D eigenvalue weighted by Crippen LogP contribution is -1.86. The third-order valence-corrected chi connectivity index (χ3v) is 2.62. The molecule has 0 amide bonds. The fraction of sp³-hybridized carbons (Fsp3) is 0. The molecule has 0 fully saturated rings. The molecule has 0 aliphatic carbocycles. The van der Waals surface area contributed by atoms with Gasteiger partial charge in [0.15, 0.2) is 0 Å². The van der Waals surface area contributed by atoms with E-state index >= 15 is 0 Å². The lowest BCUT2D eigenvalue weighted by Gasteiger charge is -2.04. The monoisotopic (exact) mass is 215 g/mol. The summed E-state index contributed by atoms with van der Waals surface area (Å²) in [7, 11) is 0. The number of fused-ring (bicyclic) bond motifs is 3. The zero-order valence-electron chi connectivity index (χ0n) is 8.24. The van der Waals surface area contributed by atoms with Gasteiger partial charge in [0.25, 0.3) is 0 Å². The van der Waals surface area contributed by atoms with Crippen LogP contribution in [-0.2, 0) is 0 Å². The first-order chi connectivity index (χ1) is 7.75. The Kier molecular flexibility index (Phi) is 1.86. The van der Waals surface area contributed by atoms with E-state index in [2.05, 4.69) is 4.98 Å². The van der Waals surface area contributed by atoms with Crippen molar-refractivity contribution < 1.29 is 8.78 Å². The van der Waals surface area contributed by atoms with Gasteiger partial charge in [0.05, 0.1) is 5.52 Å². The summed E-state index contributed by atoms with van der Waals surface area (Å²) >= 11 is 0. The molecule has 2 aromatic carbocycles. The minimum atomic E-state index is -0.374. The first kappa shape index (κ1) is 9.21. The van der Waals surface area contributed by atoms with Gasteiger partial charge in [0.2, 0.25) is 0 Å². The minimum absolute atomic E-state index is 0.373. The second-order valence-electron chi connectivity index (χ2n) is 3.62. The van der Waals surface area contributed by atoms with Crippen molar-refractivity contribution in [2.45, 2.75) is 0 Å². The molecule has 1 nitrogen and oxygen atoms in total. The van der Waals surface area contributed by atoms with Gasteiger partial charge in [-0.2, -0.15) is 0 Å². The van der Waals surface area contributed by atoms with Gasteiger partial charge in [-0.25, -0.2) is 8.78 Å². The van der Waals surface area contributed by atoms with Crippen LogP contribution in [0.1, 0.15) is 0 Å². The van der Waals surface area contributed by atoms with Crippen molar-refractivity contribution in [2.75, 3.05) is 0 Å². The second-order valence-corrected chi connectivity index (χ2v) is 3.62. The summed E-state index contributed by atoms with van der Waals surface area (Å²) in [6.07, 6.45) is 1.60. The van der Waals surface area contributed by atoms with E-state index in [1.807, 2.05) is 0 Å². The van der Waals surface area contributed by atoms with Crippen LogP contribution in [0.15, 0.2) is 42.6 Å². The standard InChI is InChI=1S/C13H7F2N/c14-9-3-4-10-8(6-9)7-12(15)11-2-1-5-16-13(10)11/h1-7H. The third-order valence-electron chi connectivity index (χ3n) is 2.62. The van der Waals surface area contributed by atoms with Gasteiger partial charge in [0, 0.05) is 17.0 Å². The molecule has 16 heavy (non-hydrogen) atoms. The summed E-state index contributed by atoms with van der Waals surface area (Å²) in [5.41, 5.74) is 0.567. The topological polar surface area (TPSA) is 12.9 Å². The molecule has 1 aromatic heterocycles. The number of hydrogen-bond donors (Lipinski definition) is 0. The lowest BCUT2D eigenvalue weighted by atomic mass is 10.1. The van der Waals surface area contributed by atoms with Crippen LogP contribution in [0.2, 0.25) is 0 Å². The van der Waals surface area contributed by atoms with Crippen LogP contribution in [0.5, 0.6) is 0 Å². The Morgan fingerprint density at radius 3 is 2.69 bits per heavy atom. The van der Waals surface area contributed by atoms with E-state index in [0.717, 1.165) is 5.39 Å². The van der Waals surface area contributed by atoms with Crippen molar-refractivity contribution in [2.24, 2.45) is 0 Å². The number of pyridine rings is 1. The van der Waals surface area contributed by atoms with Crippen molar-refractivity contribution in [3.8, 4) is 0 Å². The Hall–Kier alpha value is -2.03. The van der Waals surface area contributed by atoms with E-state index in [0.29, 0.717) is 16.3 Å². The molecule has 0 N–H and O–H groups in total. The fourth-order valence-corrected chi connectivity index (χ4v) is 1.90. The Bertz CT molecular complexity index is 692. The summed E-state index contributed by atoms with van der Waals surface area (Å²) < 4.78 is 26.7. The maximum atomic E-state index is 13.7. The van der Waals surface area contributed by atoms with E-state index in [9.17, 15) is 8.78 Å². The molecule has 0 atom stereocenters. The molecule has 0 aliphatic heterocycles. The Morgan fingerprint density at radius 2 is 1.81 bits per heavy atom. The predicted octanol–water partition coefficient (Wildman–Crippen LogP) is 3.67. The molecule has 0 aliphatic rings. The summed E-state index contributed by atoms with van der Waals surface area (Å²) in [4.78, 5) is 4.14. The summed E-state index contributed by atoms with van der Waals surface area (Å²) in [5, 5.41) is 1.75. The van der Waals surface area contributed by atoms with Crippen LogP contribution >= 0.6 is 0 Å². The molecular formula is C13H7F2N. The molecule has 0 spiro atoms. The summed E-state index contributed by atoms with van der Waals surface area (Å²) in [6, 6.07) is 8.98. The summed E-state index contributed by atoms with van der Waals surface area (Å²) in [5.74, 6) is -0.747. The summed E-state index contributed by atoms with van der Waals surface area (Å²) in [6.45, 7) is 0. The maximum Gasteiger partial charge on any atom is 0.133 e. The second kappa shape index (κ2) is 3.23. The van der Waals surface area contributed by atoms with E-state index in [4.69, 9.17) is 0 Å². The molecule has 0 saturated carbocycles. The van der Waals surface area contributed by atoms with Gasteiger partial charge in [-0.05, 0) is 41.8 Å². The molecule has 0 saturated heterocycles. The fourth-order valence-electron chi connectivity index (χ4n) is 1.90. The van der Waals surface area contributed by atoms with Crippen molar-refractivity contribution >= 4 is 21.7 Å². The number of nitrogens with zero attached hydrogens (tertiary/aromatic N) is 1. The van der Waals surface area contributed by atoms with Gasteiger partial charge in [-0.15, -0.1) is 0 Å². The van der Waals surface area contributed by atoms with Crippen LogP contribution in [0.25, 0.3) is 21.7 Å². The van der Waals surface area contributed by atoms with Crippen molar-refractivity contribution in [1.29, 1.82) is 0 Å². The van der Waals surface area contributed by atoms with Gasteiger partial charge in [-0.3, -0.25) is 4.98 Å². The molecule has 78 valence electrons. The largest absolute Gasteiger partial charge is 0.255 e. The van der Waals surface area contributed by atoms with Crippen LogP contribution in [-0.4, -0.2) is 4.98 Å². The first-order valence-electron chi connectivity index (χ1n) is 4.88. The molecule has 1 heterocycles. The van der Waals surface area contributed by atoms with E-state index < -0.39 is 0 Å². The molecule has 0 radical (unpaired) electrons.